The van der Waals surface area contributed by atoms with Crippen LogP contribution in [0.2, 0.25) is 0 Å². The molecule has 0 heterocycles. The van der Waals surface area contributed by atoms with Crippen LogP contribution in [0.5, 0.6) is 0 Å². The molecular formula is C12H16N2. The minimum Gasteiger partial charge on any atom is -0.397 e. The minimum absolute atomic E-state index is 0.744. The van der Waals surface area contributed by atoms with Crippen LogP contribution in [0.1, 0.15) is 19.4 Å². The van der Waals surface area contributed by atoms with Crippen molar-refractivity contribution in [2.75, 3.05) is 5.73 Å². The van der Waals surface area contributed by atoms with Crippen molar-refractivity contribution in [2.45, 2.75) is 20.8 Å². The number of rotatable bonds is 2. The highest BCUT2D eigenvalue weighted by molar-refractivity contribution is 5.99. The predicted molar refractivity (Wildman–Crippen MR) is 63.2 cm³/mol. The van der Waals surface area contributed by atoms with Crippen LogP contribution in [-0.2, 0) is 0 Å². The van der Waals surface area contributed by atoms with Gasteiger partial charge >= 0.3 is 0 Å². The molecular weight excluding hydrogens is 172 g/mol. The number of allylic oxidation sites excluding steroid dienone is 1. The standard InChI is InChI=1S/C12H16N2/c1-8(2)10(4)14-11-7-5-6-9(3)12(11)13/h5-7H,1,13H2,2-4H3. The lowest BCUT2D eigenvalue weighted by molar-refractivity contribution is 1.41. The van der Waals surface area contributed by atoms with Crippen molar-refractivity contribution in [3.63, 3.8) is 0 Å². The minimum atomic E-state index is 0.744. The van der Waals surface area contributed by atoms with E-state index in [9.17, 15) is 0 Å². The van der Waals surface area contributed by atoms with Gasteiger partial charge in [-0.15, -0.1) is 0 Å². The molecule has 0 aliphatic carbocycles. The van der Waals surface area contributed by atoms with Gasteiger partial charge in [0.1, 0.15) is 0 Å². The molecule has 0 radical (unpaired) electrons. The molecule has 2 heteroatoms. The Balaban J connectivity index is 3.15. The monoisotopic (exact) mass is 188 g/mol. The molecule has 74 valence electrons. The largest absolute Gasteiger partial charge is 0.397 e. The first-order valence-corrected chi connectivity index (χ1v) is 4.58. The van der Waals surface area contributed by atoms with Gasteiger partial charge in [-0.05, 0) is 38.0 Å². The van der Waals surface area contributed by atoms with Gasteiger partial charge in [0.15, 0.2) is 0 Å². The van der Waals surface area contributed by atoms with Crippen LogP contribution in [-0.4, -0.2) is 5.71 Å². The molecule has 1 aromatic rings. The van der Waals surface area contributed by atoms with E-state index >= 15 is 0 Å². The summed E-state index contributed by atoms with van der Waals surface area (Å²) >= 11 is 0. The van der Waals surface area contributed by atoms with Crippen molar-refractivity contribution in [3.05, 3.63) is 35.9 Å². The highest BCUT2D eigenvalue weighted by Gasteiger charge is 2.00. The molecule has 0 saturated carbocycles. The van der Waals surface area contributed by atoms with Crippen LogP contribution in [0.3, 0.4) is 0 Å². The predicted octanol–water partition coefficient (Wildman–Crippen LogP) is 3.25. The van der Waals surface area contributed by atoms with Gasteiger partial charge in [-0.2, -0.15) is 0 Å². The molecule has 0 spiro atoms. The number of nitrogens with zero attached hydrogens (tertiary/aromatic N) is 1. The molecule has 2 N–H and O–H groups in total. The van der Waals surface area contributed by atoms with E-state index < -0.39 is 0 Å². The molecule has 0 atom stereocenters. The first-order valence-electron chi connectivity index (χ1n) is 4.58. The number of anilines is 1. The number of nitrogen functional groups attached to an aromatic ring is 1. The van der Waals surface area contributed by atoms with Crippen LogP contribution in [0, 0.1) is 6.92 Å². The Morgan fingerprint density at radius 2 is 2.00 bits per heavy atom. The second-order valence-electron chi connectivity index (χ2n) is 3.49. The fourth-order valence-corrected chi connectivity index (χ4v) is 1.04. The van der Waals surface area contributed by atoms with Gasteiger partial charge in [0.05, 0.1) is 11.4 Å². The zero-order valence-electron chi connectivity index (χ0n) is 8.96. The van der Waals surface area contributed by atoms with E-state index in [1.54, 1.807) is 0 Å². The molecule has 2 nitrogen and oxygen atoms in total. The molecule has 0 aliphatic heterocycles. The van der Waals surface area contributed by atoms with Gasteiger partial charge in [0.25, 0.3) is 0 Å². The topological polar surface area (TPSA) is 38.4 Å². The number of para-hydroxylation sites is 1. The van der Waals surface area contributed by atoms with Crippen molar-refractivity contribution >= 4 is 17.1 Å². The van der Waals surface area contributed by atoms with Gasteiger partial charge in [0.2, 0.25) is 0 Å². The molecule has 0 unspecified atom stereocenters. The first-order chi connectivity index (χ1) is 6.52. The average molecular weight is 188 g/mol. The SMILES string of the molecule is C=C(C)C(C)=Nc1cccc(C)c1N. The molecule has 0 aromatic heterocycles. The summed E-state index contributed by atoms with van der Waals surface area (Å²) < 4.78 is 0. The Bertz CT molecular complexity index is 389. The number of benzene rings is 1. The first kappa shape index (κ1) is 10.5. The fraction of sp³-hybridized carbons (Fsp3) is 0.250. The summed E-state index contributed by atoms with van der Waals surface area (Å²) in [5.74, 6) is 0. The third kappa shape index (κ3) is 2.22. The summed E-state index contributed by atoms with van der Waals surface area (Å²) in [4.78, 5) is 4.41. The molecule has 1 rings (SSSR count). The Kier molecular flexibility index (Phi) is 3.07. The summed E-state index contributed by atoms with van der Waals surface area (Å²) in [5.41, 5.74) is 10.4. The second-order valence-corrected chi connectivity index (χ2v) is 3.49. The lowest BCUT2D eigenvalue weighted by Gasteiger charge is -2.05. The van der Waals surface area contributed by atoms with Crippen LogP contribution in [0.15, 0.2) is 35.3 Å². The van der Waals surface area contributed by atoms with Crippen LogP contribution in [0.4, 0.5) is 11.4 Å². The van der Waals surface area contributed by atoms with Crippen molar-refractivity contribution in [1.29, 1.82) is 0 Å². The second kappa shape index (κ2) is 4.09. The van der Waals surface area contributed by atoms with Crippen molar-refractivity contribution < 1.29 is 0 Å². The number of hydrogen-bond donors (Lipinski definition) is 1. The summed E-state index contributed by atoms with van der Waals surface area (Å²) in [6, 6.07) is 5.84. The fourth-order valence-electron chi connectivity index (χ4n) is 1.04. The maximum atomic E-state index is 5.89. The van der Waals surface area contributed by atoms with Gasteiger partial charge in [-0.3, -0.25) is 4.99 Å². The Labute approximate surface area is 85.2 Å². The Hall–Kier alpha value is -1.57. The third-order valence-corrected chi connectivity index (χ3v) is 2.21. The quantitative estimate of drug-likeness (QED) is 0.561. The normalized spacial score (nSPS) is 11.5. The maximum absolute atomic E-state index is 5.89. The summed E-state index contributed by atoms with van der Waals surface area (Å²) in [5, 5.41) is 0. The van der Waals surface area contributed by atoms with Crippen LogP contribution in [0.25, 0.3) is 0 Å². The third-order valence-electron chi connectivity index (χ3n) is 2.21. The summed E-state index contributed by atoms with van der Waals surface area (Å²) in [6.45, 7) is 9.68. The van der Waals surface area contributed by atoms with Crippen molar-refractivity contribution in [1.82, 2.24) is 0 Å². The Morgan fingerprint density at radius 1 is 1.36 bits per heavy atom. The van der Waals surface area contributed by atoms with Crippen LogP contribution < -0.4 is 5.73 Å². The number of nitrogens with two attached hydrogens (primary N) is 1. The van der Waals surface area contributed by atoms with E-state index in [-0.39, 0.29) is 0 Å². The van der Waals surface area contributed by atoms with Gasteiger partial charge in [-0.25, -0.2) is 0 Å². The molecule has 14 heavy (non-hydrogen) atoms. The smallest absolute Gasteiger partial charge is 0.0864 e. The number of aliphatic imine (C=N–C) groups is 1. The molecule has 0 aliphatic rings. The summed E-state index contributed by atoms with van der Waals surface area (Å²) in [7, 11) is 0. The lowest BCUT2D eigenvalue weighted by atomic mass is 10.1. The van der Waals surface area contributed by atoms with E-state index in [2.05, 4.69) is 11.6 Å². The van der Waals surface area contributed by atoms with Crippen molar-refractivity contribution in [2.24, 2.45) is 4.99 Å². The van der Waals surface area contributed by atoms with Crippen molar-refractivity contribution in [3.8, 4) is 0 Å². The van der Waals surface area contributed by atoms with E-state index in [1.165, 1.54) is 0 Å². The van der Waals surface area contributed by atoms with Crippen LogP contribution >= 0.6 is 0 Å². The zero-order valence-corrected chi connectivity index (χ0v) is 8.96. The molecule has 0 saturated heterocycles. The average Bonchev–Trinajstić information content (AvgIpc) is 2.12. The number of hydrogen-bond acceptors (Lipinski definition) is 2. The number of aryl methyl sites for hydroxylation is 1. The molecule has 0 bridgehead atoms. The molecule has 1 aromatic carbocycles. The zero-order chi connectivity index (χ0) is 10.7. The van der Waals surface area contributed by atoms with Gasteiger partial charge in [-0.1, -0.05) is 18.7 Å². The maximum Gasteiger partial charge on any atom is 0.0864 e. The van der Waals surface area contributed by atoms with E-state index in [0.29, 0.717) is 0 Å². The highest BCUT2D eigenvalue weighted by atomic mass is 14.8. The molecule has 0 fully saturated rings. The Morgan fingerprint density at radius 3 is 2.57 bits per heavy atom. The lowest BCUT2D eigenvalue weighted by Crippen LogP contribution is -1.94. The van der Waals surface area contributed by atoms with E-state index in [4.69, 9.17) is 5.73 Å². The van der Waals surface area contributed by atoms with E-state index in [1.807, 2.05) is 39.0 Å². The van der Waals surface area contributed by atoms with Gasteiger partial charge < -0.3 is 5.73 Å². The van der Waals surface area contributed by atoms with Gasteiger partial charge in [0, 0.05) is 5.71 Å². The highest BCUT2D eigenvalue weighted by Crippen LogP contribution is 2.25. The molecule has 0 amide bonds. The summed E-state index contributed by atoms with van der Waals surface area (Å²) in [6.07, 6.45) is 0. The van der Waals surface area contributed by atoms with E-state index in [0.717, 1.165) is 28.2 Å².